The van der Waals surface area contributed by atoms with Gasteiger partial charge in [0.1, 0.15) is 0 Å². The second-order valence-corrected chi connectivity index (χ2v) is 5.69. The first kappa shape index (κ1) is 10.3. The van der Waals surface area contributed by atoms with Crippen LogP contribution in [0.3, 0.4) is 0 Å². The zero-order chi connectivity index (χ0) is 9.03. The normalized spacial score (nSPS) is 22.6. The van der Waals surface area contributed by atoms with E-state index in [0.29, 0.717) is 5.75 Å². The number of piperazine rings is 1. The largest absolute Gasteiger partial charge is 0.314 e. The highest BCUT2D eigenvalue weighted by Crippen LogP contribution is 2.32. The van der Waals surface area contributed by atoms with Gasteiger partial charge >= 0.3 is 0 Å². The van der Waals surface area contributed by atoms with E-state index in [0.717, 1.165) is 32.7 Å². The predicted octanol–water partition coefficient (Wildman–Crippen LogP) is 0.272. The van der Waals surface area contributed by atoms with Crippen molar-refractivity contribution in [2.24, 2.45) is 0 Å². The molecule has 0 unspecified atom stereocenters. The summed E-state index contributed by atoms with van der Waals surface area (Å²) in [6, 6.07) is 0. The molecule has 0 aromatic heterocycles. The summed E-state index contributed by atoms with van der Waals surface area (Å²) in [5.41, 5.74) is 0. The average Bonchev–Trinajstić information content (AvgIpc) is 2.02. The Morgan fingerprint density at radius 3 is 2.42 bits per heavy atom. The van der Waals surface area contributed by atoms with E-state index in [4.69, 9.17) is 9.11 Å². The molecule has 12 heavy (non-hydrogen) atoms. The highest BCUT2D eigenvalue weighted by molar-refractivity contribution is 8.23. The maximum atomic E-state index is 9.14. The molecule has 74 valence electrons. The van der Waals surface area contributed by atoms with Crippen molar-refractivity contribution in [1.82, 2.24) is 10.2 Å². The van der Waals surface area contributed by atoms with Gasteiger partial charge in [-0.3, -0.25) is 14.0 Å². The fourth-order valence-corrected chi connectivity index (χ4v) is 1.84. The van der Waals surface area contributed by atoms with Gasteiger partial charge in [-0.15, -0.1) is 0 Å². The minimum Gasteiger partial charge on any atom is -0.314 e. The van der Waals surface area contributed by atoms with E-state index in [-0.39, 0.29) is 0 Å². The van der Waals surface area contributed by atoms with E-state index in [1.165, 1.54) is 6.26 Å². The molecule has 1 fully saturated rings. The van der Waals surface area contributed by atoms with Crippen LogP contribution in [0.25, 0.3) is 0 Å². The summed E-state index contributed by atoms with van der Waals surface area (Å²) in [7, 11) is -2.29. The summed E-state index contributed by atoms with van der Waals surface area (Å²) in [6.07, 6.45) is 1.51. The molecule has 0 aromatic rings. The van der Waals surface area contributed by atoms with Crippen LogP contribution in [0.15, 0.2) is 0 Å². The smallest absolute Gasteiger partial charge is 0.0498 e. The third kappa shape index (κ3) is 4.27. The van der Waals surface area contributed by atoms with Crippen LogP contribution in [-0.2, 0) is 0 Å². The molecule has 1 heterocycles. The zero-order valence-corrected chi connectivity index (χ0v) is 8.31. The van der Waals surface area contributed by atoms with Crippen LogP contribution in [0.2, 0.25) is 0 Å². The summed E-state index contributed by atoms with van der Waals surface area (Å²) in [4.78, 5) is 2.26. The molecule has 0 aliphatic carbocycles. The maximum absolute atomic E-state index is 9.14. The summed E-state index contributed by atoms with van der Waals surface area (Å²) < 4.78 is 18.3. The summed E-state index contributed by atoms with van der Waals surface area (Å²) >= 11 is 0. The Hall–Kier alpha value is 0.190. The van der Waals surface area contributed by atoms with Crippen molar-refractivity contribution in [3.63, 3.8) is 0 Å². The Balaban J connectivity index is 2.13. The van der Waals surface area contributed by atoms with Crippen molar-refractivity contribution in [3.05, 3.63) is 0 Å². The van der Waals surface area contributed by atoms with Gasteiger partial charge in [-0.2, -0.15) is 10.6 Å². The van der Waals surface area contributed by atoms with Crippen LogP contribution in [0.1, 0.15) is 0 Å². The number of nitrogens with one attached hydrogen (secondary N) is 1. The predicted molar refractivity (Wildman–Crippen MR) is 52.9 cm³/mol. The number of hydrogen-bond donors (Lipinski definition) is 3. The quantitative estimate of drug-likeness (QED) is 0.604. The molecule has 0 aromatic carbocycles. The summed E-state index contributed by atoms with van der Waals surface area (Å²) in [6.45, 7) is 4.89. The first-order valence-electron chi connectivity index (χ1n) is 4.22. The Kier molecular flexibility index (Phi) is 3.79. The fourth-order valence-electron chi connectivity index (χ4n) is 1.24. The van der Waals surface area contributed by atoms with E-state index in [1.807, 2.05) is 0 Å². The van der Waals surface area contributed by atoms with Crippen LogP contribution in [0.5, 0.6) is 0 Å². The van der Waals surface area contributed by atoms with Crippen LogP contribution in [0.4, 0.5) is 0 Å². The average molecular weight is 194 g/mol. The third-order valence-electron chi connectivity index (χ3n) is 2.00. The molecule has 0 spiro atoms. The highest BCUT2D eigenvalue weighted by Gasteiger charge is 2.11. The van der Waals surface area contributed by atoms with Crippen LogP contribution in [0, 0.1) is 0 Å². The molecule has 0 saturated carbocycles. The summed E-state index contributed by atoms with van der Waals surface area (Å²) in [5, 5.41) is 3.25. The van der Waals surface area contributed by atoms with Crippen molar-refractivity contribution in [2.45, 2.75) is 0 Å². The molecule has 0 radical (unpaired) electrons. The van der Waals surface area contributed by atoms with E-state index in [2.05, 4.69) is 10.2 Å². The van der Waals surface area contributed by atoms with Crippen molar-refractivity contribution < 1.29 is 9.11 Å². The van der Waals surface area contributed by atoms with Gasteiger partial charge in [0, 0.05) is 44.7 Å². The molecule has 5 heteroatoms. The molecule has 0 amide bonds. The minimum atomic E-state index is -2.29. The van der Waals surface area contributed by atoms with Gasteiger partial charge in [0.05, 0.1) is 0 Å². The molecule has 0 bridgehead atoms. The lowest BCUT2D eigenvalue weighted by Crippen LogP contribution is -2.44. The van der Waals surface area contributed by atoms with Crippen molar-refractivity contribution in [2.75, 3.05) is 44.7 Å². The number of hydrogen-bond acceptors (Lipinski definition) is 4. The van der Waals surface area contributed by atoms with Crippen molar-refractivity contribution in [1.29, 1.82) is 0 Å². The van der Waals surface area contributed by atoms with Gasteiger partial charge in [-0.1, -0.05) is 0 Å². The SMILES string of the molecule is CS(O)(O)CCN1CCNCC1. The fraction of sp³-hybridized carbons (Fsp3) is 1.00. The second-order valence-electron chi connectivity index (χ2n) is 3.29. The van der Waals surface area contributed by atoms with Crippen molar-refractivity contribution >= 4 is 10.6 Å². The maximum Gasteiger partial charge on any atom is 0.0498 e. The molecular formula is C7H18N2O2S. The molecule has 1 aliphatic rings. The monoisotopic (exact) mass is 194 g/mol. The van der Waals surface area contributed by atoms with Crippen LogP contribution >= 0.6 is 10.6 Å². The first-order chi connectivity index (χ1) is 5.58. The zero-order valence-electron chi connectivity index (χ0n) is 7.49. The second kappa shape index (κ2) is 4.43. The summed E-state index contributed by atoms with van der Waals surface area (Å²) in [5.74, 6) is 0.507. The molecule has 1 rings (SSSR count). The lowest BCUT2D eigenvalue weighted by atomic mass is 10.4. The Bertz CT molecular complexity index is 132. The molecule has 1 aliphatic heterocycles. The molecule has 1 saturated heterocycles. The first-order valence-corrected chi connectivity index (χ1v) is 6.34. The molecular weight excluding hydrogens is 176 g/mol. The minimum absolute atomic E-state index is 0.507. The number of nitrogens with zero attached hydrogens (tertiary/aromatic N) is 1. The van der Waals surface area contributed by atoms with E-state index in [9.17, 15) is 0 Å². The third-order valence-corrected chi connectivity index (χ3v) is 2.96. The number of rotatable bonds is 3. The Morgan fingerprint density at radius 1 is 1.33 bits per heavy atom. The van der Waals surface area contributed by atoms with Crippen LogP contribution in [-0.4, -0.2) is 58.7 Å². The topological polar surface area (TPSA) is 55.7 Å². The van der Waals surface area contributed by atoms with Gasteiger partial charge in [-0.05, 0) is 0 Å². The lowest BCUT2D eigenvalue weighted by molar-refractivity contribution is 0.252. The van der Waals surface area contributed by atoms with E-state index < -0.39 is 10.6 Å². The van der Waals surface area contributed by atoms with Crippen LogP contribution < -0.4 is 5.32 Å². The van der Waals surface area contributed by atoms with Gasteiger partial charge < -0.3 is 5.32 Å². The standard InChI is InChI=1S/C7H18N2O2S/c1-12(10,11)7-6-9-4-2-8-3-5-9/h8,10-11H,2-7H2,1H3. The molecule has 3 N–H and O–H groups in total. The van der Waals surface area contributed by atoms with Gasteiger partial charge in [-0.25, -0.2) is 0 Å². The van der Waals surface area contributed by atoms with Gasteiger partial charge in [0.25, 0.3) is 0 Å². The van der Waals surface area contributed by atoms with Gasteiger partial charge in [0.2, 0.25) is 0 Å². The molecule has 4 nitrogen and oxygen atoms in total. The van der Waals surface area contributed by atoms with E-state index >= 15 is 0 Å². The van der Waals surface area contributed by atoms with Crippen molar-refractivity contribution in [3.8, 4) is 0 Å². The highest BCUT2D eigenvalue weighted by atomic mass is 32.3. The van der Waals surface area contributed by atoms with Gasteiger partial charge in [0.15, 0.2) is 0 Å². The molecule has 0 atom stereocenters. The lowest BCUT2D eigenvalue weighted by Gasteiger charge is -2.32. The Labute approximate surface area is 75.3 Å². The Morgan fingerprint density at radius 2 is 1.92 bits per heavy atom. The van der Waals surface area contributed by atoms with E-state index in [1.54, 1.807) is 0 Å².